The maximum atomic E-state index is 13.5. The zero-order valence-corrected chi connectivity index (χ0v) is 28.9. The predicted molar refractivity (Wildman–Crippen MR) is 180 cm³/mol. The molecule has 7 rings (SSSR count). The van der Waals surface area contributed by atoms with Crippen LogP contribution >= 0.6 is 34.0 Å². The molecule has 4 aliphatic rings. The van der Waals surface area contributed by atoms with Gasteiger partial charge in [0.05, 0.1) is 18.1 Å². The van der Waals surface area contributed by atoms with Gasteiger partial charge in [-0.3, -0.25) is 33.7 Å². The third kappa shape index (κ3) is 9.02. The highest BCUT2D eigenvalue weighted by Gasteiger charge is 2.29. The highest BCUT2D eigenvalue weighted by molar-refractivity contribution is 7.10. The molecule has 0 spiro atoms. The highest BCUT2D eigenvalue weighted by Crippen LogP contribution is 2.28. The number of nitrogens with zero attached hydrogens (tertiary/aromatic N) is 4. The van der Waals surface area contributed by atoms with Crippen LogP contribution in [0, 0.1) is 0 Å². The number of aromatic nitrogens is 3. The van der Waals surface area contributed by atoms with Crippen molar-refractivity contribution >= 4 is 69.5 Å². The van der Waals surface area contributed by atoms with Crippen molar-refractivity contribution in [2.45, 2.75) is 56.7 Å². The number of fused-ring (bicyclic) bond motifs is 18. The number of amides is 6. The van der Waals surface area contributed by atoms with Crippen LogP contribution in [0.15, 0.2) is 16.1 Å². The molecule has 0 aromatic carbocycles. The Kier molecular flexibility index (Phi) is 11.2. The van der Waals surface area contributed by atoms with E-state index in [2.05, 4.69) is 46.9 Å². The van der Waals surface area contributed by atoms with Crippen LogP contribution in [0.2, 0.25) is 0 Å². The first-order valence-corrected chi connectivity index (χ1v) is 18.7. The van der Waals surface area contributed by atoms with Crippen molar-refractivity contribution in [1.29, 1.82) is 0 Å². The molecule has 49 heavy (non-hydrogen) atoms. The van der Waals surface area contributed by atoms with E-state index in [1.807, 2.05) is 4.90 Å². The van der Waals surface area contributed by atoms with Crippen LogP contribution in [0.25, 0.3) is 0 Å². The first-order chi connectivity index (χ1) is 23.7. The molecule has 7 heterocycles. The number of hydrogen-bond acceptors (Lipinski definition) is 13. The van der Waals surface area contributed by atoms with E-state index in [-0.39, 0.29) is 73.3 Å². The lowest BCUT2D eigenvalue weighted by Gasteiger charge is -2.23. The van der Waals surface area contributed by atoms with Gasteiger partial charge in [0, 0.05) is 74.7 Å². The van der Waals surface area contributed by atoms with Gasteiger partial charge in [-0.05, 0) is 19.3 Å². The Morgan fingerprint density at radius 1 is 0.510 bits per heavy atom. The Bertz CT molecular complexity index is 1530. The molecule has 6 amide bonds. The average Bonchev–Trinajstić information content (AvgIpc) is 3.87. The van der Waals surface area contributed by atoms with Gasteiger partial charge < -0.3 is 31.9 Å². The molecule has 10 bridgehead atoms. The fourth-order valence-electron chi connectivity index (χ4n) is 5.61. The fraction of sp³-hybridized carbons (Fsp3) is 0.500. The molecule has 16 nitrogen and oxygen atoms in total. The number of hydrogen-bond donors (Lipinski definition) is 6. The summed E-state index contributed by atoms with van der Waals surface area (Å²) in [5.41, 5.74) is 0.313. The van der Waals surface area contributed by atoms with Crippen molar-refractivity contribution in [3.63, 3.8) is 0 Å². The molecule has 3 atom stereocenters. The summed E-state index contributed by atoms with van der Waals surface area (Å²) in [7, 11) is 0. The minimum Gasteiger partial charge on any atom is -0.355 e. The van der Waals surface area contributed by atoms with Gasteiger partial charge in [-0.1, -0.05) is 0 Å². The summed E-state index contributed by atoms with van der Waals surface area (Å²) in [5, 5.41) is 23.6. The van der Waals surface area contributed by atoms with E-state index >= 15 is 0 Å². The van der Waals surface area contributed by atoms with Crippen LogP contribution in [0.1, 0.15) is 103 Å². The highest BCUT2D eigenvalue weighted by atomic mass is 32.1. The average molecular weight is 729 g/mol. The molecule has 260 valence electrons. The van der Waals surface area contributed by atoms with Gasteiger partial charge in [-0.25, -0.2) is 15.0 Å². The van der Waals surface area contributed by atoms with E-state index in [9.17, 15) is 28.8 Å². The molecule has 0 aliphatic carbocycles. The van der Waals surface area contributed by atoms with E-state index in [0.717, 1.165) is 0 Å². The minimum atomic E-state index is -0.707. The van der Waals surface area contributed by atoms with Crippen LogP contribution < -0.4 is 31.9 Å². The summed E-state index contributed by atoms with van der Waals surface area (Å²) < 4.78 is 0. The topological polar surface area (TPSA) is 217 Å². The van der Waals surface area contributed by atoms with Crippen LogP contribution in [0.5, 0.6) is 0 Å². The van der Waals surface area contributed by atoms with E-state index in [1.54, 1.807) is 16.1 Å². The fourth-order valence-corrected chi connectivity index (χ4v) is 8.26. The van der Waals surface area contributed by atoms with Gasteiger partial charge in [-0.2, -0.15) is 0 Å². The monoisotopic (exact) mass is 728 g/mol. The second kappa shape index (κ2) is 15.9. The summed E-state index contributed by atoms with van der Waals surface area (Å²) >= 11 is 3.54. The summed E-state index contributed by atoms with van der Waals surface area (Å²) in [4.78, 5) is 95.1. The first kappa shape index (κ1) is 34.5. The number of carbonyl (C=O) groups excluding carboxylic acids is 6. The molecule has 3 aromatic heterocycles. The summed E-state index contributed by atoms with van der Waals surface area (Å²) in [6.45, 7) is 2.44. The van der Waals surface area contributed by atoms with Gasteiger partial charge in [0.25, 0.3) is 17.7 Å². The van der Waals surface area contributed by atoms with Crippen molar-refractivity contribution in [3.8, 4) is 0 Å². The zero-order valence-electron chi connectivity index (χ0n) is 26.4. The van der Waals surface area contributed by atoms with Crippen molar-refractivity contribution in [3.05, 3.63) is 48.2 Å². The summed E-state index contributed by atoms with van der Waals surface area (Å²) in [6, 6.07) is -2.12. The molecule has 0 unspecified atom stereocenters. The van der Waals surface area contributed by atoms with E-state index in [4.69, 9.17) is 0 Å². The second-order valence-electron chi connectivity index (χ2n) is 11.8. The Balaban J connectivity index is 1.44. The Labute approximate surface area is 293 Å². The maximum absolute atomic E-state index is 13.5. The van der Waals surface area contributed by atoms with Crippen LogP contribution in [0.4, 0.5) is 0 Å². The van der Waals surface area contributed by atoms with Gasteiger partial charge in [0.15, 0.2) is 0 Å². The molecular weight excluding hydrogens is 693 g/mol. The Morgan fingerprint density at radius 3 is 1.12 bits per heavy atom. The molecule has 6 N–H and O–H groups in total. The summed E-state index contributed by atoms with van der Waals surface area (Å²) in [6.07, 6.45) is 0.867. The first-order valence-electron chi connectivity index (χ1n) is 16.0. The van der Waals surface area contributed by atoms with E-state index < -0.39 is 35.8 Å². The number of carbonyl (C=O) groups is 6. The molecular formula is C30H36N10O6S3. The molecule has 19 heteroatoms. The lowest BCUT2D eigenvalue weighted by Crippen LogP contribution is -2.43. The largest absolute Gasteiger partial charge is 0.355 e. The van der Waals surface area contributed by atoms with Gasteiger partial charge in [0.2, 0.25) is 17.7 Å². The Morgan fingerprint density at radius 2 is 0.816 bits per heavy atom. The third-order valence-corrected chi connectivity index (χ3v) is 11.2. The smallest absolute Gasteiger partial charge is 0.271 e. The van der Waals surface area contributed by atoms with Crippen LogP contribution in [-0.2, 0) is 14.4 Å². The lowest BCUT2D eigenvalue weighted by atomic mass is 10.1. The van der Waals surface area contributed by atoms with Crippen LogP contribution in [-0.4, -0.2) is 94.6 Å². The van der Waals surface area contributed by atoms with Crippen molar-refractivity contribution in [2.75, 3.05) is 39.3 Å². The molecule has 0 saturated heterocycles. The SMILES string of the molecule is O=C1CC[C@@H]2NC(=O)c3csc(n3)[C@@H]3CCC(=O)NCCN(CCN1)CCNC(=O)CC[C@H](NC(=O)c1csc2n1)c1nc(cs1)C(=O)N3. The predicted octanol–water partition coefficient (Wildman–Crippen LogP) is 0.801. The minimum absolute atomic E-state index is 0.0725. The molecule has 4 aliphatic heterocycles. The molecule has 0 fully saturated rings. The quantitative estimate of drug-likeness (QED) is 0.191. The standard InChI is InChI=1S/C30H36N10O6S3/c41-22-4-1-16-28-37-20(13-47-28)26(45)35-18-3-6-24(43)33-9-12-40(10-7-31-22)11-8-32-23(42)5-2-17(29-38-19(14-48-29)25(44)34-16)36-27(46)21-15-49-30(18)39-21/h13-18H,1-12H2,(H,31,41)(H,32,42)(H,33,43)(H,34,44)(H,35,45)(H,36,46)/t16-,17-,18-/m0/s1. The Hall–Kier alpha value is -4.33. The van der Waals surface area contributed by atoms with Crippen molar-refractivity contribution in [2.24, 2.45) is 0 Å². The number of nitrogens with one attached hydrogen (secondary N) is 6. The van der Waals surface area contributed by atoms with Gasteiger partial charge in [0.1, 0.15) is 32.1 Å². The number of thiazole rings is 3. The normalized spacial score (nSPS) is 25.0. The van der Waals surface area contributed by atoms with Gasteiger partial charge in [-0.15, -0.1) is 34.0 Å². The molecule has 3 aromatic rings. The number of rotatable bonds is 0. The lowest BCUT2D eigenvalue weighted by molar-refractivity contribution is -0.122. The van der Waals surface area contributed by atoms with Crippen molar-refractivity contribution in [1.82, 2.24) is 51.8 Å². The summed E-state index contributed by atoms with van der Waals surface area (Å²) in [5.74, 6) is -2.23. The molecule has 0 radical (unpaired) electrons. The van der Waals surface area contributed by atoms with E-state index in [0.29, 0.717) is 54.3 Å². The third-order valence-electron chi connectivity index (χ3n) is 8.30. The van der Waals surface area contributed by atoms with Crippen LogP contribution in [0.3, 0.4) is 0 Å². The van der Waals surface area contributed by atoms with Gasteiger partial charge >= 0.3 is 0 Å². The van der Waals surface area contributed by atoms with Crippen molar-refractivity contribution < 1.29 is 28.8 Å². The van der Waals surface area contributed by atoms with E-state index in [1.165, 1.54) is 34.0 Å². The maximum Gasteiger partial charge on any atom is 0.271 e. The second-order valence-corrected chi connectivity index (χ2v) is 14.5. The zero-order chi connectivity index (χ0) is 34.3. The molecule has 0 saturated carbocycles.